The van der Waals surface area contributed by atoms with Crippen LogP contribution < -0.4 is 0 Å². The zero-order valence-corrected chi connectivity index (χ0v) is 14.0. The lowest BCUT2D eigenvalue weighted by Crippen LogP contribution is -2.05. The first kappa shape index (κ1) is 18.0. The van der Waals surface area contributed by atoms with E-state index in [1.54, 1.807) is 24.3 Å². The topological polar surface area (TPSA) is 35.5 Å². The van der Waals surface area contributed by atoms with Crippen LogP contribution in [0.2, 0.25) is 0 Å². The van der Waals surface area contributed by atoms with E-state index in [1.807, 2.05) is 0 Å². The summed E-state index contributed by atoms with van der Waals surface area (Å²) in [6.07, 6.45) is 1.29. The van der Waals surface area contributed by atoms with Gasteiger partial charge in [-0.3, -0.25) is 0 Å². The molecule has 0 N–H and O–H groups in total. The molecule has 0 aliphatic heterocycles. The van der Waals surface area contributed by atoms with Crippen LogP contribution in [0.5, 0.6) is 0 Å². The van der Waals surface area contributed by atoms with Crippen LogP contribution in [0.1, 0.15) is 11.1 Å². The van der Waals surface area contributed by atoms with Gasteiger partial charge in [-0.2, -0.15) is 0 Å². The maximum atomic E-state index is 13.8. The second kappa shape index (κ2) is 8.49. The Morgan fingerprint density at radius 2 is 1.75 bits per heavy atom. The molecular formula is C18H16F2O3S. The Morgan fingerprint density at radius 3 is 2.38 bits per heavy atom. The number of rotatable bonds is 6. The van der Waals surface area contributed by atoms with Gasteiger partial charge < -0.3 is 9.47 Å². The van der Waals surface area contributed by atoms with Gasteiger partial charge in [0.25, 0.3) is 0 Å². The standard InChI is InChI=1S/C18H16F2O3S/c1-22-10-13(18(21)23-2)12-6-3-4-9-17(12)24-11-14-15(19)7-5-8-16(14)20/h3-10H,11H2,1-2H3/b13-10+. The Balaban J connectivity index is 2.32. The average molecular weight is 350 g/mol. The van der Waals surface area contributed by atoms with Crippen molar-refractivity contribution in [3.05, 3.63) is 71.5 Å². The van der Waals surface area contributed by atoms with Crippen LogP contribution in [0.4, 0.5) is 8.78 Å². The van der Waals surface area contributed by atoms with E-state index in [0.29, 0.717) is 10.5 Å². The number of carbonyl (C=O) groups excluding carboxylic acids is 1. The number of hydrogen-bond donors (Lipinski definition) is 0. The van der Waals surface area contributed by atoms with Crippen molar-refractivity contribution in [2.45, 2.75) is 10.6 Å². The number of halogens is 2. The van der Waals surface area contributed by atoms with Crippen molar-refractivity contribution >= 4 is 23.3 Å². The summed E-state index contributed by atoms with van der Waals surface area (Å²) in [6, 6.07) is 10.8. The lowest BCUT2D eigenvalue weighted by molar-refractivity contribution is -0.133. The van der Waals surface area contributed by atoms with Crippen molar-refractivity contribution in [2.75, 3.05) is 14.2 Å². The second-order valence-corrected chi connectivity index (χ2v) is 5.76. The summed E-state index contributed by atoms with van der Waals surface area (Å²) in [5, 5.41) is 0. The van der Waals surface area contributed by atoms with Gasteiger partial charge in [-0.05, 0) is 18.2 Å². The highest BCUT2D eigenvalue weighted by Gasteiger charge is 2.18. The molecule has 0 spiro atoms. The first-order valence-corrected chi connectivity index (χ1v) is 8.03. The third-order valence-corrected chi connectivity index (χ3v) is 4.35. The molecule has 0 unspecified atom stereocenters. The molecule has 2 rings (SSSR count). The van der Waals surface area contributed by atoms with Gasteiger partial charge in [0.05, 0.1) is 20.5 Å². The van der Waals surface area contributed by atoms with Crippen molar-refractivity contribution in [3.63, 3.8) is 0 Å². The highest BCUT2D eigenvalue weighted by Crippen LogP contribution is 2.32. The molecule has 0 radical (unpaired) electrons. The number of ether oxygens (including phenoxy) is 2. The summed E-state index contributed by atoms with van der Waals surface area (Å²) in [6.45, 7) is 0. The van der Waals surface area contributed by atoms with Crippen LogP contribution in [-0.2, 0) is 20.0 Å². The van der Waals surface area contributed by atoms with Gasteiger partial charge in [0, 0.05) is 21.8 Å². The van der Waals surface area contributed by atoms with E-state index in [9.17, 15) is 13.6 Å². The molecule has 0 saturated carbocycles. The largest absolute Gasteiger partial charge is 0.503 e. The van der Waals surface area contributed by atoms with Crippen molar-refractivity contribution in [3.8, 4) is 0 Å². The summed E-state index contributed by atoms with van der Waals surface area (Å²) in [7, 11) is 2.70. The van der Waals surface area contributed by atoms with E-state index >= 15 is 0 Å². The third kappa shape index (κ3) is 4.14. The fourth-order valence-corrected chi connectivity index (χ4v) is 3.17. The van der Waals surface area contributed by atoms with E-state index in [-0.39, 0.29) is 16.9 Å². The first-order valence-electron chi connectivity index (χ1n) is 7.04. The van der Waals surface area contributed by atoms with E-state index in [0.717, 1.165) is 0 Å². The van der Waals surface area contributed by atoms with Gasteiger partial charge in [0.1, 0.15) is 17.2 Å². The maximum absolute atomic E-state index is 13.8. The fraction of sp³-hybridized carbons (Fsp3) is 0.167. The van der Waals surface area contributed by atoms with Crippen molar-refractivity contribution in [1.82, 2.24) is 0 Å². The van der Waals surface area contributed by atoms with Crippen LogP contribution in [-0.4, -0.2) is 20.2 Å². The minimum Gasteiger partial charge on any atom is -0.503 e. The molecule has 0 saturated heterocycles. The Kier molecular flexibility index (Phi) is 6.37. The number of benzene rings is 2. The molecule has 0 amide bonds. The zero-order chi connectivity index (χ0) is 17.5. The summed E-state index contributed by atoms with van der Waals surface area (Å²) < 4.78 is 37.2. The number of thioether (sulfide) groups is 1. The second-order valence-electron chi connectivity index (χ2n) is 4.74. The molecule has 0 aliphatic carbocycles. The molecule has 24 heavy (non-hydrogen) atoms. The number of esters is 1. The Hall–Kier alpha value is -2.34. The van der Waals surface area contributed by atoms with Crippen molar-refractivity contribution in [2.24, 2.45) is 0 Å². The van der Waals surface area contributed by atoms with E-state index < -0.39 is 17.6 Å². The summed E-state index contributed by atoms with van der Waals surface area (Å²) >= 11 is 1.23. The van der Waals surface area contributed by atoms with Gasteiger partial charge >= 0.3 is 5.97 Å². The summed E-state index contributed by atoms with van der Waals surface area (Å²) in [4.78, 5) is 12.6. The molecule has 0 heterocycles. The zero-order valence-electron chi connectivity index (χ0n) is 13.2. The Morgan fingerprint density at radius 1 is 1.08 bits per heavy atom. The van der Waals surface area contributed by atoms with Crippen LogP contribution in [0.3, 0.4) is 0 Å². The quantitative estimate of drug-likeness (QED) is 0.334. The number of methoxy groups -OCH3 is 2. The van der Waals surface area contributed by atoms with Crippen LogP contribution in [0.15, 0.2) is 53.6 Å². The minimum atomic E-state index is -0.597. The normalized spacial score (nSPS) is 11.2. The molecule has 0 aliphatic rings. The third-order valence-electron chi connectivity index (χ3n) is 3.25. The predicted molar refractivity (Wildman–Crippen MR) is 89.4 cm³/mol. The van der Waals surface area contributed by atoms with Crippen LogP contribution in [0, 0.1) is 11.6 Å². The molecule has 126 valence electrons. The monoisotopic (exact) mass is 350 g/mol. The maximum Gasteiger partial charge on any atom is 0.341 e. The highest BCUT2D eigenvalue weighted by molar-refractivity contribution is 7.98. The SMILES string of the molecule is CO/C=C(/C(=O)OC)c1ccccc1SCc1c(F)cccc1F. The summed E-state index contributed by atoms with van der Waals surface area (Å²) in [5.41, 5.74) is 0.803. The lowest BCUT2D eigenvalue weighted by atomic mass is 10.1. The first-order chi connectivity index (χ1) is 11.6. The molecule has 6 heteroatoms. The Bertz CT molecular complexity index is 739. The fourth-order valence-electron chi connectivity index (χ4n) is 2.08. The highest BCUT2D eigenvalue weighted by atomic mass is 32.2. The molecular weight excluding hydrogens is 334 g/mol. The number of hydrogen-bond acceptors (Lipinski definition) is 4. The average Bonchev–Trinajstić information content (AvgIpc) is 2.59. The van der Waals surface area contributed by atoms with Gasteiger partial charge in [0.15, 0.2) is 0 Å². The predicted octanol–water partition coefficient (Wildman–Crippen LogP) is 4.42. The van der Waals surface area contributed by atoms with Gasteiger partial charge in [-0.25, -0.2) is 13.6 Å². The van der Waals surface area contributed by atoms with Gasteiger partial charge in [0.2, 0.25) is 0 Å². The van der Waals surface area contributed by atoms with Crippen LogP contribution in [0.25, 0.3) is 5.57 Å². The van der Waals surface area contributed by atoms with Crippen molar-refractivity contribution in [1.29, 1.82) is 0 Å². The molecule has 2 aromatic carbocycles. The molecule has 0 aromatic heterocycles. The van der Waals surface area contributed by atoms with Crippen LogP contribution >= 0.6 is 11.8 Å². The van der Waals surface area contributed by atoms with Gasteiger partial charge in [-0.15, -0.1) is 11.8 Å². The van der Waals surface area contributed by atoms with Gasteiger partial charge in [-0.1, -0.05) is 24.3 Å². The van der Waals surface area contributed by atoms with E-state index in [2.05, 4.69) is 0 Å². The molecule has 0 fully saturated rings. The molecule has 0 bridgehead atoms. The Labute approximate surface area is 143 Å². The minimum absolute atomic E-state index is 0.00681. The smallest absolute Gasteiger partial charge is 0.341 e. The number of carbonyl (C=O) groups is 1. The van der Waals surface area contributed by atoms with Crippen molar-refractivity contribution < 1.29 is 23.0 Å². The molecule has 0 atom stereocenters. The molecule has 2 aromatic rings. The van der Waals surface area contributed by atoms with E-state index in [1.165, 1.54) is 50.4 Å². The lowest BCUT2D eigenvalue weighted by Gasteiger charge is -2.11. The van der Waals surface area contributed by atoms with E-state index in [4.69, 9.17) is 9.47 Å². The summed E-state index contributed by atoms with van der Waals surface area (Å²) in [5.74, 6) is -1.65. The molecule has 3 nitrogen and oxygen atoms in total.